The number of likely N-dealkylation sites (tertiary alicyclic amines) is 1. The number of rotatable bonds is 4. The van der Waals surface area contributed by atoms with Crippen molar-refractivity contribution in [2.45, 2.75) is 19.4 Å². The summed E-state index contributed by atoms with van der Waals surface area (Å²) >= 11 is 0. The molecule has 0 saturated carbocycles. The second-order valence-corrected chi connectivity index (χ2v) is 6.20. The predicted molar refractivity (Wildman–Crippen MR) is 93.7 cm³/mol. The van der Waals surface area contributed by atoms with Crippen LogP contribution in [0, 0.1) is 5.92 Å². The molecule has 24 heavy (non-hydrogen) atoms. The van der Waals surface area contributed by atoms with Gasteiger partial charge in [0.05, 0.1) is 0 Å². The molecule has 1 amide bonds. The van der Waals surface area contributed by atoms with Crippen LogP contribution in [-0.4, -0.2) is 29.7 Å². The Morgan fingerprint density at radius 3 is 2.12 bits per heavy atom. The zero-order chi connectivity index (χ0) is 16.9. The van der Waals surface area contributed by atoms with Crippen molar-refractivity contribution >= 4 is 11.7 Å². The molecule has 2 aromatic rings. The van der Waals surface area contributed by atoms with Gasteiger partial charge >= 0.3 is 0 Å². The second-order valence-electron chi connectivity index (χ2n) is 6.20. The predicted octanol–water partition coefficient (Wildman–Crippen LogP) is 2.88. The number of benzene rings is 2. The summed E-state index contributed by atoms with van der Waals surface area (Å²) in [5, 5.41) is 0. The smallest absolute Gasteiger partial charge is 0.253 e. The van der Waals surface area contributed by atoms with Crippen molar-refractivity contribution in [2.75, 3.05) is 13.1 Å². The van der Waals surface area contributed by atoms with E-state index < -0.39 is 0 Å². The summed E-state index contributed by atoms with van der Waals surface area (Å²) in [6, 6.07) is 16.8. The van der Waals surface area contributed by atoms with Gasteiger partial charge in [0.2, 0.25) is 0 Å². The van der Waals surface area contributed by atoms with Crippen LogP contribution < -0.4 is 5.73 Å². The van der Waals surface area contributed by atoms with E-state index in [0.29, 0.717) is 25.2 Å². The molecule has 4 nitrogen and oxygen atoms in total. The van der Waals surface area contributed by atoms with Crippen LogP contribution in [0.25, 0.3) is 0 Å². The van der Waals surface area contributed by atoms with Crippen molar-refractivity contribution in [1.82, 2.24) is 4.90 Å². The van der Waals surface area contributed by atoms with Gasteiger partial charge in [0.15, 0.2) is 5.78 Å². The van der Waals surface area contributed by atoms with E-state index >= 15 is 0 Å². The van der Waals surface area contributed by atoms with Crippen molar-refractivity contribution < 1.29 is 9.59 Å². The Balaban J connectivity index is 1.60. The largest absolute Gasteiger partial charge is 0.339 e. The number of nitrogens with zero attached hydrogens (tertiary/aromatic N) is 1. The molecule has 0 atom stereocenters. The van der Waals surface area contributed by atoms with Crippen LogP contribution in [-0.2, 0) is 6.54 Å². The average Bonchev–Trinajstić information content (AvgIpc) is 2.68. The lowest BCUT2D eigenvalue weighted by Gasteiger charge is -2.31. The molecule has 0 spiro atoms. The molecule has 3 rings (SSSR count). The lowest BCUT2D eigenvalue weighted by Crippen LogP contribution is -2.40. The SMILES string of the molecule is NCc1ccc(C(=O)N2CCC(C(=O)c3ccccc3)CC2)cc1. The zero-order valence-corrected chi connectivity index (χ0v) is 13.7. The van der Waals surface area contributed by atoms with E-state index in [-0.39, 0.29) is 17.6 Å². The first kappa shape index (κ1) is 16.4. The molecule has 0 aromatic heterocycles. The van der Waals surface area contributed by atoms with E-state index in [1.54, 1.807) is 0 Å². The lowest BCUT2D eigenvalue weighted by molar-refractivity contribution is 0.0650. The van der Waals surface area contributed by atoms with Crippen LogP contribution in [0.1, 0.15) is 39.1 Å². The maximum Gasteiger partial charge on any atom is 0.253 e. The van der Waals surface area contributed by atoms with Gasteiger partial charge in [-0.25, -0.2) is 0 Å². The molecule has 0 unspecified atom stereocenters. The highest BCUT2D eigenvalue weighted by Crippen LogP contribution is 2.23. The van der Waals surface area contributed by atoms with Gasteiger partial charge in [0.25, 0.3) is 5.91 Å². The highest BCUT2D eigenvalue weighted by Gasteiger charge is 2.28. The van der Waals surface area contributed by atoms with Crippen molar-refractivity contribution in [1.29, 1.82) is 0 Å². The fourth-order valence-corrected chi connectivity index (χ4v) is 3.15. The fraction of sp³-hybridized carbons (Fsp3) is 0.300. The number of piperidine rings is 1. The minimum absolute atomic E-state index is 0.0102. The molecule has 1 heterocycles. The number of carbonyl (C=O) groups is 2. The molecule has 1 aliphatic rings. The first-order valence-electron chi connectivity index (χ1n) is 8.36. The van der Waals surface area contributed by atoms with Crippen molar-refractivity contribution in [3.63, 3.8) is 0 Å². The van der Waals surface area contributed by atoms with Gasteiger partial charge in [-0.15, -0.1) is 0 Å². The summed E-state index contributed by atoms with van der Waals surface area (Å²) in [6.07, 6.45) is 1.45. The Morgan fingerprint density at radius 1 is 0.917 bits per heavy atom. The Hall–Kier alpha value is -2.46. The van der Waals surface area contributed by atoms with Crippen LogP contribution in [0.15, 0.2) is 54.6 Å². The van der Waals surface area contributed by atoms with E-state index in [1.807, 2.05) is 59.5 Å². The summed E-state index contributed by atoms with van der Waals surface area (Å²) in [5.41, 5.74) is 8.04. The minimum atomic E-state index is 0.0102. The zero-order valence-electron chi connectivity index (χ0n) is 13.7. The fourth-order valence-electron chi connectivity index (χ4n) is 3.15. The molecule has 0 radical (unpaired) electrons. The van der Waals surface area contributed by atoms with Gasteiger partial charge in [0, 0.05) is 36.7 Å². The van der Waals surface area contributed by atoms with Gasteiger partial charge in [-0.05, 0) is 30.5 Å². The summed E-state index contributed by atoms with van der Waals surface area (Å²) < 4.78 is 0. The Kier molecular flexibility index (Phi) is 5.06. The van der Waals surface area contributed by atoms with E-state index in [4.69, 9.17) is 5.73 Å². The van der Waals surface area contributed by atoms with Crippen molar-refractivity contribution in [2.24, 2.45) is 11.7 Å². The maximum absolute atomic E-state index is 12.6. The molecule has 1 aliphatic heterocycles. The van der Waals surface area contributed by atoms with E-state index in [0.717, 1.165) is 24.0 Å². The molecule has 1 fully saturated rings. The van der Waals surface area contributed by atoms with Crippen LogP contribution in [0.4, 0.5) is 0 Å². The highest BCUT2D eigenvalue weighted by atomic mass is 16.2. The summed E-state index contributed by atoms with van der Waals surface area (Å²) in [7, 11) is 0. The minimum Gasteiger partial charge on any atom is -0.339 e. The first-order chi connectivity index (χ1) is 11.7. The van der Waals surface area contributed by atoms with Gasteiger partial charge in [-0.1, -0.05) is 42.5 Å². The third-order valence-corrected chi connectivity index (χ3v) is 4.65. The number of Topliss-reactive ketones (excluding diaryl/α,β-unsaturated/α-hetero) is 1. The van der Waals surface area contributed by atoms with Crippen LogP contribution in [0.5, 0.6) is 0 Å². The molecule has 2 N–H and O–H groups in total. The number of nitrogens with two attached hydrogens (primary N) is 1. The topological polar surface area (TPSA) is 63.4 Å². The number of amides is 1. The molecule has 124 valence electrons. The first-order valence-corrected chi connectivity index (χ1v) is 8.36. The van der Waals surface area contributed by atoms with Crippen LogP contribution in [0.2, 0.25) is 0 Å². The number of carbonyl (C=O) groups excluding carboxylic acids is 2. The molecular weight excluding hydrogens is 300 g/mol. The normalized spacial score (nSPS) is 15.3. The molecule has 0 bridgehead atoms. The highest BCUT2D eigenvalue weighted by molar-refractivity contribution is 5.98. The van der Waals surface area contributed by atoms with Gasteiger partial charge < -0.3 is 10.6 Å². The third kappa shape index (κ3) is 3.54. The van der Waals surface area contributed by atoms with E-state index in [1.165, 1.54) is 0 Å². The number of hydrogen-bond donors (Lipinski definition) is 1. The molecular formula is C20H22N2O2. The number of ketones is 1. The Labute approximate surface area is 142 Å². The van der Waals surface area contributed by atoms with Crippen LogP contribution in [0.3, 0.4) is 0 Å². The second kappa shape index (κ2) is 7.41. The van der Waals surface area contributed by atoms with Gasteiger partial charge in [-0.3, -0.25) is 9.59 Å². The maximum atomic E-state index is 12.6. The standard InChI is InChI=1S/C20H22N2O2/c21-14-15-6-8-18(9-7-15)20(24)22-12-10-17(11-13-22)19(23)16-4-2-1-3-5-16/h1-9,17H,10-14,21H2. The van der Waals surface area contributed by atoms with Crippen LogP contribution >= 0.6 is 0 Å². The summed E-state index contributed by atoms with van der Waals surface area (Å²) in [6.45, 7) is 1.73. The summed E-state index contributed by atoms with van der Waals surface area (Å²) in [5.74, 6) is 0.232. The average molecular weight is 322 g/mol. The number of hydrogen-bond acceptors (Lipinski definition) is 3. The third-order valence-electron chi connectivity index (χ3n) is 4.65. The molecule has 1 saturated heterocycles. The quantitative estimate of drug-likeness (QED) is 0.880. The van der Waals surface area contributed by atoms with E-state index in [2.05, 4.69) is 0 Å². The Bertz CT molecular complexity index is 702. The van der Waals surface area contributed by atoms with Gasteiger partial charge in [-0.2, -0.15) is 0 Å². The summed E-state index contributed by atoms with van der Waals surface area (Å²) in [4.78, 5) is 26.9. The molecule has 4 heteroatoms. The van der Waals surface area contributed by atoms with E-state index in [9.17, 15) is 9.59 Å². The Morgan fingerprint density at radius 2 is 1.54 bits per heavy atom. The molecule has 0 aliphatic carbocycles. The van der Waals surface area contributed by atoms with Crippen molar-refractivity contribution in [3.05, 3.63) is 71.3 Å². The van der Waals surface area contributed by atoms with Gasteiger partial charge in [0.1, 0.15) is 0 Å². The monoisotopic (exact) mass is 322 g/mol. The van der Waals surface area contributed by atoms with Crippen molar-refractivity contribution in [3.8, 4) is 0 Å². The lowest BCUT2D eigenvalue weighted by atomic mass is 9.88. The molecule has 2 aromatic carbocycles.